The van der Waals surface area contributed by atoms with Crippen LogP contribution in [-0.2, 0) is 44.6 Å². The second kappa shape index (κ2) is 24.5. The fourth-order valence-corrected chi connectivity index (χ4v) is 8.30. The summed E-state index contributed by atoms with van der Waals surface area (Å²) in [7, 11) is 0. The first-order valence-electron chi connectivity index (χ1n) is 22.9. The van der Waals surface area contributed by atoms with E-state index in [4.69, 9.17) is 28.1 Å². The standard InChI is InChI=1S/C51H62N4O11/c1-5-65-49(59)42-32-40-31-41-36(2)34-51(3,4)55(44(41)33-45(40)66-50(42)60)22-10-15-46(56)52-20-23-61-25-27-63-29-30-64-28-26-62-24-21-53-47(57)18-19-48(58)54-35-39-13-7-6-11-37(39)16-17-38-12-8-9-14-43(38)54/h6-9,11-14,31-33,36H,5,10,15,18-30,34-35H2,1-4H3,(H,52,56)(H,53,57). The number of carbonyl (C=O) groups excluding carboxylic acids is 4. The Balaban J connectivity index is 0.760. The molecule has 1 unspecified atom stereocenters. The third-order valence-corrected chi connectivity index (χ3v) is 11.5. The first-order chi connectivity index (χ1) is 31.9. The molecule has 0 aliphatic carbocycles. The topological polar surface area (TPSA) is 175 Å². The summed E-state index contributed by atoms with van der Waals surface area (Å²) in [5, 5.41) is 6.40. The SMILES string of the molecule is CCOC(=O)c1cc2cc3c(cc2oc1=O)N(CCCC(=O)NCCOCCOCCOCCOCCNC(=O)CCC(=O)N1Cc2ccccc2C#Cc2ccccc21)C(C)(C)CC3C. The zero-order chi connectivity index (χ0) is 46.9. The van der Waals surface area contributed by atoms with Gasteiger partial charge < -0.3 is 48.5 Å². The summed E-state index contributed by atoms with van der Waals surface area (Å²) in [4.78, 5) is 67.4. The Morgan fingerprint density at radius 2 is 1.36 bits per heavy atom. The molecule has 2 aliphatic heterocycles. The minimum atomic E-state index is -0.732. The zero-order valence-electron chi connectivity index (χ0n) is 38.5. The summed E-state index contributed by atoms with van der Waals surface area (Å²) in [6.45, 7) is 13.1. The van der Waals surface area contributed by atoms with E-state index in [1.165, 1.54) is 0 Å². The van der Waals surface area contributed by atoms with Crippen LogP contribution in [0.3, 0.4) is 0 Å². The van der Waals surface area contributed by atoms with Crippen molar-refractivity contribution < 1.29 is 47.3 Å². The molecule has 1 atom stereocenters. The zero-order valence-corrected chi connectivity index (χ0v) is 38.5. The predicted molar refractivity (Wildman–Crippen MR) is 251 cm³/mol. The number of nitrogens with one attached hydrogen (secondary N) is 2. The van der Waals surface area contributed by atoms with Crippen LogP contribution in [0, 0.1) is 11.8 Å². The van der Waals surface area contributed by atoms with Crippen molar-refractivity contribution in [2.75, 3.05) is 88.9 Å². The molecule has 3 aromatic carbocycles. The Morgan fingerprint density at radius 3 is 2.05 bits per heavy atom. The largest absolute Gasteiger partial charge is 0.462 e. The number of fused-ring (bicyclic) bond motifs is 4. The van der Waals surface area contributed by atoms with Crippen molar-refractivity contribution in [3.05, 3.63) is 105 Å². The van der Waals surface area contributed by atoms with E-state index >= 15 is 0 Å². The molecule has 0 saturated heterocycles. The van der Waals surface area contributed by atoms with Gasteiger partial charge in [0.05, 0.1) is 71.7 Å². The van der Waals surface area contributed by atoms with Crippen LogP contribution in [0.1, 0.15) is 98.3 Å². The summed E-state index contributed by atoms with van der Waals surface area (Å²) in [6, 6.07) is 20.8. The highest BCUT2D eigenvalue weighted by Gasteiger charge is 2.37. The van der Waals surface area contributed by atoms with Crippen LogP contribution in [0.4, 0.5) is 11.4 Å². The molecule has 0 fully saturated rings. The Morgan fingerprint density at radius 1 is 0.758 bits per heavy atom. The van der Waals surface area contributed by atoms with Gasteiger partial charge in [0.25, 0.3) is 0 Å². The number of anilines is 2. The smallest absolute Gasteiger partial charge is 0.351 e. The highest BCUT2D eigenvalue weighted by molar-refractivity contribution is 5.97. The highest BCUT2D eigenvalue weighted by Crippen LogP contribution is 2.45. The molecule has 15 nitrogen and oxygen atoms in total. The molecule has 0 spiro atoms. The number of para-hydroxylation sites is 1. The lowest BCUT2D eigenvalue weighted by atomic mass is 9.79. The van der Waals surface area contributed by atoms with Gasteiger partial charge in [0, 0.05) is 72.7 Å². The van der Waals surface area contributed by atoms with Gasteiger partial charge >= 0.3 is 11.6 Å². The molecule has 352 valence electrons. The van der Waals surface area contributed by atoms with E-state index in [1.54, 1.807) is 17.9 Å². The van der Waals surface area contributed by atoms with Gasteiger partial charge in [-0.05, 0) is 81.0 Å². The van der Waals surface area contributed by atoms with Crippen molar-refractivity contribution in [3.8, 4) is 11.8 Å². The van der Waals surface area contributed by atoms with E-state index in [-0.39, 0.29) is 54.2 Å². The average molecular weight is 907 g/mol. The van der Waals surface area contributed by atoms with Gasteiger partial charge in [-0.1, -0.05) is 49.1 Å². The van der Waals surface area contributed by atoms with E-state index in [0.29, 0.717) is 103 Å². The van der Waals surface area contributed by atoms with Gasteiger partial charge in [-0.15, -0.1) is 0 Å². The van der Waals surface area contributed by atoms with E-state index in [2.05, 4.69) is 48.1 Å². The lowest BCUT2D eigenvalue weighted by Gasteiger charge is -2.47. The summed E-state index contributed by atoms with van der Waals surface area (Å²) >= 11 is 0. The maximum Gasteiger partial charge on any atom is 0.351 e. The van der Waals surface area contributed by atoms with Crippen LogP contribution in [0.15, 0.2) is 75.9 Å². The number of carbonyl (C=O) groups is 4. The summed E-state index contributed by atoms with van der Waals surface area (Å²) in [5.41, 5.74) is 4.78. The minimum Gasteiger partial charge on any atom is -0.462 e. The van der Waals surface area contributed by atoms with Crippen LogP contribution in [0.25, 0.3) is 11.0 Å². The van der Waals surface area contributed by atoms with Crippen molar-refractivity contribution in [2.45, 2.75) is 77.8 Å². The number of benzene rings is 3. The summed E-state index contributed by atoms with van der Waals surface area (Å²) < 4.78 is 32.9. The van der Waals surface area contributed by atoms with Gasteiger partial charge in [0.15, 0.2) is 0 Å². The predicted octanol–water partition coefficient (Wildman–Crippen LogP) is 5.87. The molecule has 3 amide bonds. The first-order valence-corrected chi connectivity index (χ1v) is 22.9. The molecule has 15 heteroatoms. The number of hydrogen-bond acceptors (Lipinski definition) is 12. The van der Waals surface area contributed by atoms with Crippen molar-refractivity contribution in [1.29, 1.82) is 0 Å². The number of hydrogen-bond donors (Lipinski definition) is 2. The number of amides is 3. The molecule has 2 N–H and O–H groups in total. The van der Waals surface area contributed by atoms with Crippen LogP contribution >= 0.6 is 0 Å². The fraction of sp³-hybridized carbons (Fsp3) is 0.471. The second-order valence-corrected chi connectivity index (χ2v) is 16.8. The molecule has 4 aromatic rings. The number of rotatable bonds is 24. The lowest BCUT2D eigenvalue weighted by molar-refractivity contribution is -0.125. The molecule has 0 bridgehead atoms. The van der Waals surface area contributed by atoms with E-state index in [9.17, 15) is 24.0 Å². The molecule has 0 radical (unpaired) electrons. The lowest BCUT2D eigenvalue weighted by Crippen LogP contribution is -2.49. The number of nitrogens with zero attached hydrogens (tertiary/aromatic N) is 2. The average Bonchev–Trinajstić information content (AvgIpc) is 3.29. The number of ether oxygens (including phenoxy) is 5. The van der Waals surface area contributed by atoms with Crippen LogP contribution in [0.5, 0.6) is 0 Å². The number of esters is 1. The third kappa shape index (κ3) is 13.7. The molecule has 2 aliphatic rings. The molecular weight excluding hydrogens is 845 g/mol. The van der Waals surface area contributed by atoms with Crippen molar-refractivity contribution >= 4 is 46.0 Å². The Labute approximate surface area is 386 Å². The van der Waals surface area contributed by atoms with E-state index in [0.717, 1.165) is 40.0 Å². The molecular formula is C51H62N4O11. The Hall–Kier alpha value is -6.05. The van der Waals surface area contributed by atoms with Crippen molar-refractivity contribution in [3.63, 3.8) is 0 Å². The molecule has 66 heavy (non-hydrogen) atoms. The third-order valence-electron chi connectivity index (χ3n) is 11.5. The molecule has 6 rings (SSSR count). The van der Waals surface area contributed by atoms with Gasteiger partial charge in [0.2, 0.25) is 17.7 Å². The normalized spacial score (nSPS) is 14.8. The summed E-state index contributed by atoms with van der Waals surface area (Å²) in [6.07, 6.45) is 2.01. The van der Waals surface area contributed by atoms with Gasteiger partial charge in [-0.2, -0.15) is 0 Å². The summed E-state index contributed by atoms with van der Waals surface area (Å²) in [5.74, 6) is 5.52. The maximum absolute atomic E-state index is 13.3. The first kappa shape index (κ1) is 49.4. The Kier molecular flexibility index (Phi) is 18.3. The van der Waals surface area contributed by atoms with E-state index < -0.39 is 11.6 Å². The maximum atomic E-state index is 13.3. The Bertz CT molecular complexity index is 2440. The minimum absolute atomic E-state index is 0.0575. The van der Waals surface area contributed by atoms with E-state index in [1.807, 2.05) is 60.7 Å². The van der Waals surface area contributed by atoms with Crippen molar-refractivity contribution in [1.82, 2.24) is 10.6 Å². The highest BCUT2D eigenvalue weighted by atomic mass is 16.6. The van der Waals surface area contributed by atoms with Crippen LogP contribution < -0.4 is 26.1 Å². The second-order valence-electron chi connectivity index (χ2n) is 16.8. The quantitative estimate of drug-likeness (QED) is 0.0371. The molecule has 3 heterocycles. The molecule has 0 saturated carbocycles. The van der Waals surface area contributed by atoms with Crippen LogP contribution in [-0.4, -0.2) is 108 Å². The monoisotopic (exact) mass is 906 g/mol. The van der Waals surface area contributed by atoms with Crippen LogP contribution in [0.2, 0.25) is 0 Å². The molecule has 1 aromatic heterocycles. The van der Waals surface area contributed by atoms with Gasteiger partial charge in [-0.25, -0.2) is 9.59 Å². The van der Waals surface area contributed by atoms with Gasteiger partial charge in [-0.3, -0.25) is 14.4 Å². The van der Waals surface area contributed by atoms with Gasteiger partial charge in [0.1, 0.15) is 11.1 Å². The van der Waals surface area contributed by atoms with Crippen molar-refractivity contribution in [2.24, 2.45) is 0 Å². The fourth-order valence-electron chi connectivity index (χ4n) is 8.30.